The third kappa shape index (κ3) is 2.98. The molecule has 0 unspecified atom stereocenters. The molecule has 0 saturated carbocycles. The average Bonchev–Trinajstić information content (AvgIpc) is 2.42. The summed E-state index contributed by atoms with van der Waals surface area (Å²) in [5.74, 6) is -1.62. The van der Waals surface area contributed by atoms with Gasteiger partial charge in [-0.3, -0.25) is 0 Å². The molecule has 2 aromatic carbocycles. The lowest BCUT2D eigenvalue weighted by Crippen LogP contribution is -1.97. The van der Waals surface area contributed by atoms with Crippen molar-refractivity contribution in [2.24, 2.45) is 0 Å². The quantitative estimate of drug-likeness (QED) is 0.931. The van der Waals surface area contributed by atoms with E-state index in [1.165, 1.54) is 12.1 Å². The van der Waals surface area contributed by atoms with E-state index in [4.69, 9.17) is 10.4 Å². The number of aromatic carboxylic acids is 1. The van der Waals surface area contributed by atoms with Gasteiger partial charge in [-0.25, -0.2) is 9.18 Å². The Kier molecular flexibility index (Phi) is 4.06. The molecule has 0 aromatic heterocycles. The molecule has 0 aliphatic heterocycles. The number of carboxylic acid groups (broad SMARTS) is 1. The Morgan fingerprint density at radius 1 is 1.25 bits per heavy atom. The number of halogens is 1. The van der Waals surface area contributed by atoms with Crippen LogP contribution >= 0.6 is 11.8 Å². The fraction of sp³-hybridized carbons (Fsp3) is 0.0667. The highest BCUT2D eigenvalue weighted by molar-refractivity contribution is 7.99. The van der Waals surface area contributed by atoms with Gasteiger partial charge in [-0.2, -0.15) is 5.26 Å². The van der Waals surface area contributed by atoms with Gasteiger partial charge in [0.1, 0.15) is 11.9 Å². The topological polar surface area (TPSA) is 61.1 Å². The SMILES string of the molecule is Cc1ccc(Sc2cc(C(=O)O)ccc2F)c(C#N)c1. The molecule has 0 fully saturated rings. The van der Waals surface area contributed by atoms with Crippen molar-refractivity contribution in [2.75, 3.05) is 0 Å². The molecule has 1 N–H and O–H groups in total. The van der Waals surface area contributed by atoms with Crippen molar-refractivity contribution in [3.05, 3.63) is 58.9 Å². The fourth-order valence-electron chi connectivity index (χ4n) is 1.65. The molecule has 2 rings (SSSR count). The van der Waals surface area contributed by atoms with Crippen LogP contribution in [0.2, 0.25) is 0 Å². The number of rotatable bonds is 3. The third-order valence-corrected chi connectivity index (χ3v) is 3.76. The zero-order valence-corrected chi connectivity index (χ0v) is 11.4. The van der Waals surface area contributed by atoms with Gasteiger partial charge >= 0.3 is 5.97 Å². The Bertz CT molecular complexity index is 722. The summed E-state index contributed by atoms with van der Waals surface area (Å²) in [6.07, 6.45) is 0. The minimum atomic E-state index is -1.11. The van der Waals surface area contributed by atoms with Crippen LogP contribution < -0.4 is 0 Å². The van der Waals surface area contributed by atoms with Gasteiger partial charge in [-0.05, 0) is 42.8 Å². The van der Waals surface area contributed by atoms with Crippen molar-refractivity contribution in [1.82, 2.24) is 0 Å². The molecule has 2 aromatic rings. The Morgan fingerprint density at radius 2 is 2.00 bits per heavy atom. The second-order valence-electron chi connectivity index (χ2n) is 4.16. The van der Waals surface area contributed by atoms with E-state index in [1.54, 1.807) is 12.1 Å². The maximum absolute atomic E-state index is 13.7. The standard InChI is InChI=1S/C15H10FNO2S/c1-9-2-5-13(11(6-9)8-17)20-14-7-10(15(18)19)3-4-12(14)16/h2-7H,1H3,(H,18,19). The monoisotopic (exact) mass is 287 g/mol. The van der Waals surface area contributed by atoms with Gasteiger partial charge in [-0.15, -0.1) is 0 Å². The molecule has 0 radical (unpaired) electrons. The van der Waals surface area contributed by atoms with E-state index in [2.05, 4.69) is 6.07 Å². The molecule has 0 bridgehead atoms. The summed E-state index contributed by atoms with van der Waals surface area (Å²) in [6.45, 7) is 1.86. The predicted molar refractivity (Wildman–Crippen MR) is 73.4 cm³/mol. The molecule has 0 atom stereocenters. The van der Waals surface area contributed by atoms with E-state index in [9.17, 15) is 9.18 Å². The zero-order valence-electron chi connectivity index (χ0n) is 10.6. The van der Waals surface area contributed by atoms with Crippen LogP contribution in [0.15, 0.2) is 46.2 Å². The minimum Gasteiger partial charge on any atom is -0.478 e. The molecule has 5 heteroatoms. The van der Waals surface area contributed by atoms with E-state index in [0.717, 1.165) is 23.4 Å². The number of benzene rings is 2. The Balaban J connectivity index is 2.42. The first-order chi connectivity index (χ1) is 9.51. The molecule has 0 heterocycles. The average molecular weight is 287 g/mol. The summed E-state index contributed by atoms with van der Waals surface area (Å²) in [6, 6.07) is 10.9. The number of carbonyl (C=O) groups is 1. The smallest absolute Gasteiger partial charge is 0.335 e. The van der Waals surface area contributed by atoms with Crippen LogP contribution in [0, 0.1) is 24.1 Å². The van der Waals surface area contributed by atoms with Crippen molar-refractivity contribution in [3.8, 4) is 6.07 Å². The summed E-state index contributed by atoms with van der Waals surface area (Å²) in [5.41, 5.74) is 1.39. The Morgan fingerprint density at radius 3 is 2.65 bits per heavy atom. The van der Waals surface area contributed by atoms with Crippen molar-refractivity contribution in [3.63, 3.8) is 0 Å². The molecular formula is C15H10FNO2S. The molecule has 0 aliphatic carbocycles. The van der Waals surface area contributed by atoms with Crippen molar-refractivity contribution in [2.45, 2.75) is 16.7 Å². The number of hydrogen-bond donors (Lipinski definition) is 1. The molecule has 0 saturated heterocycles. The van der Waals surface area contributed by atoms with Crippen molar-refractivity contribution in [1.29, 1.82) is 5.26 Å². The number of nitriles is 1. The molecule has 20 heavy (non-hydrogen) atoms. The van der Waals surface area contributed by atoms with Crippen LogP contribution in [0.5, 0.6) is 0 Å². The van der Waals surface area contributed by atoms with Gasteiger partial charge in [-0.1, -0.05) is 17.8 Å². The summed E-state index contributed by atoms with van der Waals surface area (Å²) >= 11 is 1.04. The van der Waals surface area contributed by atoms with E-state index in [1.807, 2.05) is 13.0 Å². The second-order valence-corrected chi connectivity index (χ2v) is 5.25. The first kappa shape index (κ1) is 14.1. The molecular weight excluding hydrogens is 277 g/mol. The first-order valence-electron chi connectivity index (χ1n) is 5.72. The molecule has 100 valence electrons. The lowest BCUT2D eigenvalue weighted by molar-refractivity contribution is 0.0696. The minimum absolute atomic E-state index is 0.0134. The van der Waals surface area contributed by atoms with Crippen LogP contribution in [0.3, 0.4) is 0 Å². The first-order valence-corrected chi connectivity index (χ1v) is 6.54. The van der Waals surface area contributed by atoms with Crippen LogP contribution in [0.1, 0.15) is 21.5 Å². The number of aryl methyl sites for hydroxylation is 1. The lowest BCUT2D eigenvalue weighted by Gasteiger charge is -2.07. The van der Waals surface area contributed by atoms with Crippen LogP contribution in [0.4, 0.5) is 4.39 Å². The number of nitrogens with zero attached hydrogens (tertiary/aromatic N) is 1. The molecule has 0 aliphatic rings. The predicted octanol–water partition coefficient (Wildman–Crippen LogP) is 3.86. The highest BCUT2D eigenvalue weighted by atomic mass is 32.2. The summed E-state index contributed by atoms with van der Waals surface area (Å²) < 4.78 is 13.7. The maximum atomic E-state index is 13.7. The maximum Gasteiger partial charge on any atom is 0.335 e. The largest absolute Gasteiger partial charge is 0.478 e. The zero-order chi connectivity index (χ0) is 14.7. The van der Waals surface area contributed by atoms with Crippen LogP contribution in [-0.2, 0) is 0 Å². The van der Waals surface area contributed by atoms with E-state index in [0.29, 0.717) is 10.5 Å². The number of carboxylic acids is 1. The summed E-state index contributed by atoms with van der Waals surface area (Å²) in [7, 11) is 0. The van der Waals surface area contributed by atoms with Gasteiger partial charge in [0.15, 0.2) is 0 Å². The molecule has 0 amide bonds. The van der Waals surface area contributed by atoms with Gasteiger partial charge in [0, 0.05) is 9.79 Å². The summed E-state index contributed by atoms with van der Waals surface area (Å²) in [5, 5.41) is 18.0. The van der Waals surface area contributed by atoms with Crippen molar-refractivity contribution < 1.29 is 14.3 Å². The highest BCUT2D eigenvalue weighted by Gasteiger charge is 2.12. The van der Waals surface area contributed by atoms with Crippen LogP contribution in [-0.4, -0.2) is 11.1 Å². The summed E-state index contributed by atoms with van der Waals surface area (Å²) in [4.78, 5) is 11.7. The second kappa shape index (κ2) is 5.76. The molecule has 0 spiro atoms. The van der Waals surface area contributed by atoms with E-state index in [-0.39, 0.29) is 10.5 Å². The van der Waals surface area contributed by atoms with E-state index < -0.39 is 11.8 Å². The van der Waals surface area contributed by atoms with Gasteiger partial charge in [0.25, 0.3) is 0 Å². The van der Waals surface area contributed by atoms with Gasteiger partial charge in [0.05, 0.1) is 11.1 Å². The third-order valence-electron chi connectivity index (χ3n) is 2.65. The number of hydrogen-bond acceptors (Lipinski definition) is 3. The van der Waals surface area contributed by atoms with Crippen molar-refractivity contribution >= 4 is 17.7 Å². The van der Waals surface area contributed by atoms with E-state index >= 15 is 0 Å². The fourth-order valence-corrected chi connectivity index (χ4v) is 2.59. The highest BCUT2D eigenvalue weighted by Crippen LogP contribution is 2.33. The van der Waals surface area contributed by atoms with Gasteiger partial charge < -0.3 is 5.11 Å². The Labute approximate surface area is 119 Å². The normalized spacial score (nSPS) is 10.1. The van der Waals surface area contributed by atoms with Gasteiger partial charge in [0.2, 0.25) is 0 Å². The lowest BCUT2D eigenvalue weighted by atomic mass is 10.2. The van der Waals surface area contributed by atoms with Crippen LogP contribution in [0.25, 0.3) is 0 Å². The molecule has 3 nitrogen and oxygen atoms in total. The Hall–Kier alpha value is -2.32.